The first-order chi connectivity index (χ1) is 14.5. The molecule has 3 heterocycles. The van der Waals surface area contributed by atoms with Crippen LogP contribution in [0.5, 0.6) is 0 Å². The van der Waals surface area contributed by atoms with Crippen molar-refractivity contribution in [2.24, 2.45) is 0 Å². The molecule has 0 aliphatic carbocycles. The van der Waals surface area contributed by atoms with Crippen molar-refractivity contribution in [2.45, 2.75) is 19.0 Å². The van der Waals surface area contributed by atoms with Gasteiger partial charge < -0.3 is 10.2 Å². The minimum atomic E-state index is -0.349. The molecule has 1 atom stereocenters. The third-order valence-corrected chi connectivity index (χ3v) is 5.92. The number of carbonyl (C=O) groups excluding carboxylic acids is 1. The second-order valence-electron chi connectivity index (χ2n) is 7.14. The summed E-state index contributed by atoms with van der Waals surface area (Å²) in [7, 11) is 0. The standard InChI is InChI=1S/C21H17F2N5OS/c22-15-5-1-13(2-6-15)11-27-10-9-17(19(27)29)24-20-26-28-12-18(25-21(28)30-20)14-3-7-16(23)8-4-14/h1-8,12,17H,9-11H2,(H,24,26). The predicted molar refractivity (Wildman–Crippen MR) is 110 cm³/mol. The highest BCUT2D eigenvalue weighted by atomic mass is 32.1. The van der Waals surface area contributed by atoms with E-state index in [4.69, 9.17) is 0 Å². The molecule has 5 rings (SSSR count). The molecule has 1 fully saturated rings. The maximum absolute atomic E-state index is 13.1. The van der Waals surface area contributed by atoms with Gasteiger partial charge in [-0.2, -0.15) is 0 Å². The second kappa shape index (κ2) is 7.49. The molecule has 2 aromatic carbocycles. The van der Waals surface area contributed by atoms with E-state index < -0.39 is 0 Å². The van der Waals surface area contributed by atoms with E-state index in [9.17, 15) is 13.6 Å². The summed E-state index contributed by atoms with van der Waals surface area (Å²) in [4.78, 5) is 19.7. The number of imidazole rings is 1. The molecule has 0 saturated carbocycles. The van der Waals surface area contributed by atoms with Crippen LogP contribution in [0.2, 0.25) is 0 Å². The van der Waals surface area contributed by atoms with Crippen LogP contribution in [0.15, 0.2) is 54.7 Å². The van der Waals surface area contributed by atoms with Gasteiger partial charge in [0.25, 0.3) is 0 Å². The van der Waals surface area contributed by atoms with Crippen molar-refractivity contribution in [1.82, 2.24) is 19.5 Å². The Morgan fingerprint density at radius 3 is 2.47 bits per heavy atom. The van der Waals surface area contributed by atoms with Gasteiger partial charge in [0, 0.05) is 18.7 Å². The fourth-order valence-corrected chi connectivity index (χ4v) is 4.34. The molecule has 30 heavy (non-hydrogen) atoms. The number of nitrogens with one attached hydrogen (secondary N) is 1. The number of rotatable bonds is 5. The summed E-state index contributed by atoms with van der Waals surface area (Å²) >= 11 is 1.35. The van der Waals surface area contributed by atoms with Gasteiger partial charge in [0.15, 0.2) is 0 Å². The second-order valence-corrected chi connectivity index (χ2v) is 8.10. The molecule has 152 valence electrons. The van der Waals surface area contributed by atoms with E-state index in [1.807, 2.05) is 0 Å². The lowest BCUT2D eigenvalue weighted by atomic mass is 10.2. The summed E-state index contributed by atoms with van der Waals surface area (Å²) in [6.45, 7) is 1.09. The lowest BCUT2D eigenvalue weighted by molar-refractivity contribution is -0.128. The van der Waals surface area contributed by atoms with E-state index in [-0.39, 0.29) is 23.6 Å². The molecule has 1 aliphatic rings. The number of fused-ring (bicyclic) bond motifs is 1. The lowest BCUT2D eigenvalue weighted by Gasteiger charge is -2.17. The number of nitrogens with zero attached hydrogens (tertiary/aromatic N) is 4. The maximum atomic E-state index is 13.1. The molecule has 0 bridgehead atoms. The summed E-state index contributed by atoms with van der Waals surface area (Å²) in [6.07, 6.45) is 2.45. The first kappa shape index (κ1) is 18.7. The Kier molecular flexibility index (Phi) is 4.66. The summed E-state index contributed by atoms with van der Waals surface area (Å²) < 4.78 is 27.8. The summed E-state index contributed by atoms with van der Waals surface area (Å²) in [6, 6.07) is 12.0. The van der Waals surface area contributed by atoms with Crippen molar-refractivity contribution in [2.75, 3.05) is 11.9 Å². The zero-order valence-corrected chi connectivity index (χ0v) is 16.6. The van der Waals surface area contributed by atoms with Crippen LogP contribution < -0.4 is 5.32 Å². The fourth-order valence-electron chi connectivity index (χ4n) is 3.51. The van der Waals surface area contributed by atoms with Gasteiger partial charge in [-0.05, 0) is 48.4 Å². The molecule has 1 N–H and O–H groups in total. The SMILES string of the molecule is O=C1C(Nc2nn3cc(-c4ccc(F)cc4)nc3s2)CCN1Cc1ccc(F)cc1. The van der Waals surface area contributed by atoms with Crippen LogP contribution in [-0.2, 0) is 11.3 Å². The van der Waals surface area contributed by atoms with Crippen LogP contribution in [0, 0.1) is 11.6 Å². The number of likely N-dealkylation sites (tertiary alicyclic amines) is 1. The molecule has 9 heteroatoms. The van der Waals surface area contributed by atoms with Crippen molar-refractivity contribution < 1.29 is 13.6 Å². The number of amides is 1. The van der Waals surface area contributed by atoms with Gasteiger partial charge in [-0.1, -0.05) is 23.5 Å². The third-order valence-electron chi connectivity index (χ3n) is 5.07. The molecule has 1 amide bonds. The van der Waals surface area contributed by atoms with E-state index >= 15 is 0 Å². The van der Waals surface area contributed by atoms with Crippen molar-refractivity contribution >= 4 is 27.3 Å². The number of aromatic nitrogens is 3. The third kappa shape index (κ3) is 3.63. The van der Waals surface area contributed by atoms with Gasteiger partial charge in [0.05, 0.1) is 11.9 Å². The summed E-state index contributed by atoms with van der Waals surface area (Å²) in [5.74, 6) is -0.583. The van der Waals surface area contributed by atoms with Gasteiger partial charge in [0.1, 0.15) is 17.7 Å². The average Bonchev–Trinajstić information content (AvgIpc) is 3.39. The van der Waals surface area contributed by atoms with Crippen LogP contribution >= 0.6 is 11.3 Å². The largest absolute Gasteiger partial charge is 0.348 e. The highest BCUT2D eigenvalue weighted by molar-refractivity contribution is 7.20. The smallest absolute Gasteiger partial charge is 0.245 e. The topological polar surface area (TPSA) is 62.5 Å². The molecule has 2 aromatic heterocycles. The van der Waals surface area contributed by atoms with E-state index in [0.717, 1.165) is 11.1 Å². The van der Waals surface area contributed by atoms with Crippen LogP contribution in [0.25, 0.3) is 16.2 Å². The molecule has 1 aliphatic heterocycles. The lowest BCUT2D eigenvalue weighted by Crippen LogP contribution is -2.33. The first-order valence-electron chi connectivity index (χ1n) is 9.47. The van der Waals surface area contributed by atoms with Crippen molar-refractivity contribution in [3.8, 4) is 11.3 Å². The fraction of sp³-hybridized carbons (Fsp3) is 0.190. The highest BCUT2D eigenvalue weighted by Crippen LogP contribution is 2.26. The van der Waals surface area contributed by atoms with Crippen LogP contribution in [0.4, 0.5) is 13.9 Å². The Labute approximate surface area is 174 Å². The summed E-state index contributed by atoms with van der Waals surface area (Å²) in [5, 5.41) is 8.29. The Morgan fingerprint density at radius 2 is 1.77 bits per heavy atom. The van der Waals surface area contributed by atoms with Gasteiger partial charge >= 0.3 is 0 Å². The molecular weight excluding hydrogens is 408 g/mol. The number of carbonyl (C=O) groups is 1. The number of hydrogen-bond donors (Lipinski definition) is 1. The molecule has 0 radical (unpaired) electrons. The van der Waals surface area contributed by atoms with E-state index in [1.54, 1.807) is 39.9 Å². The first-order valence-corrected chi connectivity index (χ1v) is 10.3. The number of hydrogen-bond acceptors (Lipinski definition) is 5. The monoisotopic (exact) mass is 425 g/mol. The van der Waals surface area contributed by atoms with Gasteiger partial charge in [-0.15, -0.1) is 5.10 Å². The van der Waals surface area contributed by atoms with Crippen LogP contribution in [-0.4, -0.2) is 38.0 Å². The van der Waals surface area contributed by atoms with E-state index in [0.29, 0.717) is 35.3 Å². The number of benzene rings is 2. The van der Waals surface area contributed by atoms with Gasteiger partial charge in [-0.25, -0.2) is 18.3 Å². The van der Waals surface area contributed by atoms with Crippen LogP contribution in [0.1, 0.15) is 12.0 Å². The maximum Gasteiger partial charge on any atom is 0.245 e. The minimum Gasteiger partial charge on any atom is -0.348 e. The Hall–Kier alpha value is -3.33. The average molecular weight is 425 g/mol. The normalized spacial score (nSPS) is 16.5. The molecule has 1 saturated heterocycles. The van der Waals surface area contributed by atoms with E-state index in [2.05, 4.69) is 15.4 Å². The quantitative estimate of drug-likeness (QED) is 0.526. The molecule has 1 unspecified atom stereocenters. The highest BCUT2D eigenvalue weighted by Gasteiger charge is 2.32. The van der Waals surface area contributed by atoms with Crippen molar-refractivity contribution in [3.05, 3.63) is 71.9 Å². The van der Waals surface area contributed by atoms with Gasteiger partial charge in [0.2, 0.25) is 16.0 Å². The van der Waals surface area contributed by atoms with Gasteiger partial charge in [-0.3, -0.25) is 4.79 Å². The Balaban J connectivity index is 1.26. The molecule has 6 nitrogen and oxygen atoms in total. The predicted octanol–water partition coefficient (Wildman–Crippen LogP) is 3.95. The minimum absolute atomic E-state index is 0.000772. The molecular formula is C21H17F2N5OS. The summed E-state index contributed by atoms with van der Waals surface area (Å²) in [5.41, 5.74) is 2.42. The number of anilines is 1. The van der Waals surface area contributed by atoms with Crippen molar-refractivity contribution in [1.29, 1.82) is 0 Å². The Morgan fingerprint density at radius 1 is 1.07 bits per heavy atom. The molecule has 4 aromatic rings. The number of halogens is 2. The van der Waals surface area contributed by atoms with Crippen molar-refractivity contribution in [3.63, 3.8) is 0 Å². The van der Waals surface area contributed by atoms with Crippen LogP contribution in [0.3, 0.4) is 0 Å². The zero-order valence-electron chi connectivity index (χ0n) is 15.8. The Bertz CT molecular complexity index is 1170. The molecule has 0 spiro atoms. The zero-order chi connectivity index (χ0) is 20.7. The van der Waals surface area contributed by atoms with E-state index in [1.165, 1.54) is 35.6 Å².